The molecule has 5 heteroatoms. The van der Waals surface area contributed by atoms with Crippen LogP contribution in [0.3, 0.4) is 0 Å². The summed E-state index contributed by atoms with van der Waals surface area (Å²) in [6.45, 7) is 9.59. The monoisotopic (exact) mass is 369 g/mol. The third kappa shape index (κ3) is 4.24. The molecule has 27 heavy (non-hydrogen) atoms. The summed E-state index contributed by atoms with van der Waals surface area (Å²) in [5, 5.41) is 7.36. The largest absolute Gasteiger partial charge is 0.376 e. The molecule has 3 rings (SSSR count). The van der Waals surface area contributed by atoms with Crippen molar-refractivity contribution < 1.29 is 9.53 Å². The van der Waals surface area contributed by atoms with E-state index in [4.69, 9.17) is 4.74 Å². The zero-order valence-electron chi connectivity index (χ0n) is 17.1. The van der Waals surface area contributed by atoms with Gasteiger partial charge < -0.3 is 10.1 Å². The summed E-state index contributed by atoms with van der Waals surface area (Å²) in [5.74, 6) is 0.0826. The first-order chi connectivity index (χ1) is 12.7. The van der Waals surface area contributed by atoms with Gasteiger partial charge in [-0.15, -0.1) is 0 Å². The number of nitrogens with zero attached hydrogens (tertiary/aromatic N) is 2. The van der Waals surface area contributed by atoms with E-state index in [1.807, 2.05) is 24.9 Å². The first kappa shape index (κ1) is 19.6. The molecule has 1 aromatic heterocycles. The van der Waals surface area contributed by atoms with Crippen molar-refractivity contribution >= 4 is 5.91 Å². The highest BCUT2D eigenvalue weighted by atomic mass is 16.5. The summed E-state index contributed by atoms with van der Waals surface area (Å²) in [6.07, 6.45) is 4.00. The van der Waals surface area contributed by atoms with Gasteiger partial charge >= 0.3 is 0 Å². The molecular formula is C22H31N3O2. The first-order valence-corrected chi connectivity index (χ1v) is 9.67. The van der Waals surface area contributed by atoms with Crippen LogP contribution in [0.4, 0.5) is 0 Å². The van der Waals surface area contributed by atoms with Crippen LogP contribution >= 0.6 is 0 Å². The van der Waals surface area contributed by atoms with Crippen LogP contribution in [0.25, 0.3) is 0 Å². The van der Waals surface area contributed by atoms with Gasteiger partial charge in [-0.05, 0) is 51.7 Å². The molecule has 0 aliphatic carbocycles. The predicted molar refractivity (Wildman–Crippen MR) is 107 cm³/mol. The van der Waals surface area contributed by atoms with Crippen LogP contribution in [0.15, 0.2) is 30.5 Å². The molecule has 1 saturated heterocycles. The molecule has 1 aliphatic rings. The Bertz CT molecular complexity index is 825. The van der Waals surface area contributed by atoms with E-state index in [2.05, 4.69) is 55.5 Å². The first-order valence-electron chi connectivity index (χ1n) is 9.67. The lowest BCUT2D eigenvalue weighted by atomic mass is 9.66. The minimum absolute atomic E-state index is 0.0826. The molecular weight excluding hydrogens is 338 g/mol. The summed E-state index contributed by atoms with van der Waals surface area (Å²) in [7, 11) is 1.91. The van der Waals surface area contributed by atoms with Gasteiger partial charge in [0.1, 0.15) is 0 Å². The van der Waals surface area contributed by atoms with Crippen LogP contribution in [-0.4, -0.2) is 27.9 Å². The van der Waals surface area contributed by atoms with Crippen molar-refractivity contribution in [2.75, 3.05) is 6.61 Å². The van der Waals surface area contributed by atoms with Gasteiger partial charge in [0.15, 0.2) is 0 Å². The number of rotatable bonds is 5. The van der Waals surface area contributed by atoms with Crippen LogP contribution in [0.2, 0.25) is 0 Å². The molecule has 1 unspecified atom stereocenters. The normalized spacial score (nSPS) is 21.8. The number of aryl methyl sites for hydroxylation is 2. The maximum atomic E-state index is 12.9. The molecule has 1 amide bonds. The Labute approximate surface area is 162 Å². The number of hydrogen-bond donors (Lipinski definition) is 1. The fraction of sp³-hybridized carbons (Fsp3) is 0.545. The van der Waals surface area contributed by atoms with Crippen molar-refractivity contribution in [1.82, 2.24) is 15.1 Å². The summed E-state index contributed by atoms with van der Waals surface area (Å²) < 4.78 is 7.80. The summed E-state index contributed by atoms with van der Waals surface area (Å²) in [4.78, 5) is 12.9. The Morgan fingerprint density at radius 3 is 2.67 bits per heavy atom. The van der Waals surface area contributed by atoms with Gasteiger partial charge in [-0.1, -0.05) is 24.3 Å². The summed E-state index contributed by atoms with van der Waals surface area (Å²) in [6, 6.07) is 8.44. The third-order valence-electron chi connectivity index (χ3n) is 5.87. The number of hydrogen-bond acceptors (Lipinski definition) is 3. The standard InChI is InChI=1S/C22H31N3O2/c1-16-8-6-7-9-19(16)22(10-11-27-21(3,4)15-22)12-20(26)23-13-18-14-24-25(5)17(18)2/h6-9,14H,10-13,15H2,1-5H3,(H,23,26). The van der Waals surface area contributed by atoms with E-state index >= 15 is 0 Å². The van der Waals surface area contributed by atoms with Gasteiger partial charge in [0.2, 0.25) is 5.91 Å². The Morgan fingerprint density at radius 2 is 2.04 bits per heavy atom. The zero-order valence-corrected chi connectivity index (χ0v) is 17.1. The highest BCUT2D eigenvalue weighted by molar-refractivity contribution is 5.78. The number of amides is 1. The maximum Gasteiger partial charge on any atom is 0.221 e. The van der Waals surface area contributed by atoms with Gasteiger partial charge in [0.05, 0.1) is 11.8 Å². The van der Waals surface area contributed by atoms with Crippen molar-refractivity contribution in [2.45, 2.75) is 64.5 Å². The summed E-state index contributed by atoms with van der Waals surface area (Å²) >= 11 is 0. The number of carbonyl (C=O) groups is 1. The Hall–Kier alpha value is -2.14. The number of benzene rings is 1. The van der Waals surface area contributed by atoms with Crippen molar-refractivity contribution in [2.24, 2.45) is 7.05 Å². The average Bonchev–Trinajstić information content (AvgIpc) is 2.91. The Kier molecular flexibility index (Phi) is 5.43. The molecule has 146 valence electrons. The molecule has 1 aromatic carbocycles. The fourth-order valence-electron chi connectivity index (χ4n) is 4.40. The van der Waals surface area contributed by atoms with E-state index in [9.17, 15) is 4.79 Å². The number of aromatic nitrogens is 2. The van der Waals surface area contributed by atoms with Crippen LogP contribution < -0.4 is 5.32 Å². The number of nitrogens with one attached hydrogen (secondary N) is 1. The maximum absolute atomic E-state index is 12.9. The van der Waals surface area contributed by atoms with E-state index in [1.165, 1.54) is 11.1 Å². The topological polar surface area (TPSA) is 56.2 Å². The van der Waals surface area contributed by atoms with E-state index < -0.39 is 0 Å². The molecule has 0 radical (unpaired) electrons. The molecule has 2 aromatic rings. The Morgan fingerprint density at radius 1 is 1.30 bits per heavy atom. The van der Waals surface area contributed by atoms with E-state index in [0.29, 0.717) is 19.6 Å². The van der Waals surface area contributed by atoms with E-state index in [0.717, 1.165) is 24.1 Å². The molecule has 5 nitrogen and oxygen atoms in total. The molecule has 1 aliphatic heterocycles. The van der Waals surface area contributed by atoms with Crippen molar-refractivity contribution in [3.63, 3.8) is 0 Å². The number of ether oxygens (including phenoxy) is 1. The smallest absolute Gasteiger partial charge is 0.221 e. The minimum Gasteiger partial charge on any atom is -0.376 e. The molecule has 0 bridgehead atoms. The van der Waals surface area contributed by atoms with Gasteiger partial charge in [0.25, 0.3) is 0 Å². The molecule has 0 saturated carbocycles. The van der Waals surface area contributed by atoms with Crippen molar-refractivity contribution in [1.29, 1.82) is 0 Å². The van der Waals surface area contributed by atoms with Crippen molar-refractivity contribution in [3.8, 4) is 0 Å². The molecule has 2 heterocycles. The second-order valence-corrected chi connectivity index (χ2v) is 8.46. The molecule has 0 spiro atoms. The highest BCUT2D eigenvalue weighted by Gasteiger charge is 2.44. The van der Waals surface area contributed by atoms with Gasteiger partial charge in [0, 0.05) is 43.3 Å². The van der Waals surface area contributed by atoms with Crippen LogP contribution in [0.1, 0.15) is 55.5 Å². The summed E-state index contributed by atoms with van der Waals surface area (Å²) in [5.41, 5.74) is 4.22. The molecule has 1 atom stereocenters. The Balaban J connectivity index is 1.80. The van der Waals surface area contributed by atoms with Crippen LogP contribution in [-0.2, 0) is 28.5 Å². The molecule has 1 fully saturated rings. The number of carbonyl (C=O) groups excluding carboxylic acids is 1. The highest BCUT2D eigenvalue weighted by Crippen LogP contribution is 2.45. The van der Waals surface area contributed by atoms with Gasteiger partial charge in [-0.25, -0.2) is 0 Å². The average molecular weight is 370 g/mol. The van der Waals surface area contributed by atoms with E-state index in [1.54, 1.807) is 0 Å². The fourth-order valence-corrected chi connectivity index (χ4v) is 4.40. The minimum atomic E-state index is -0.235. The predicted octanol–water partition coefficient (Wildman–Crippen LogP) is 3.57. The lowest BCUT2D eigenvalue weighted by Gasteiger charge is -2.45. The second kappa shape index (κ2) is 7.47. The quantitative estimate of drug-likeness (QED) is 0.877. The lowest BCUT2D eigenvalue weighted by Crippen LogP contribution is -2.46. The van der Waals surface area contributed by atoms with Crippen LogP contribution in [0, 0.1) is 13.8 Å². The SMILES string of the molecule is Cc1ccccc1C1(CC(=O)NCc2cnn(C)c2C)CCOC(C)(C)C1. The van der Waals surface area contributed by atoms with Gasteiger partial charge in [-0.2, -0.15) is 5.10 Å². The van der Waals surface area contributed by atoms with Gasteiger partial charge in [-0.3, -0.25) is 9.48 Å². The molecule has 1 N–H and O–H groups in total. The third-order valence-corrected chi connectivity index (χ3v) is 5.87. The zero-order chi connectivity index (χ0) is 19.7. The van der Waals surface area contributed by atoms with Crippen molar-refractivity contribution in [3.05, 3.63) is 52.8 Å². The van der Waals surface area contributed by atoms with E-state index in [-0.39, 0.29) is 16.9 Å². The second-order valence-electron chi connectivity index (χ2n) is 8.46. The lowest BCUT2D eigenvalue weighted by molar-refractivity contribution is -0.126. The van der Waals surface area contributed by atoms with Crippen LogP contribution in [0.5, 0.6) is 0 Å².